The van der Waals surface area contributed by atoms with Gasteiger partial charge in [-0.1, -0.05) is 6.58 Å². The van der Waals surface area contributed by atoms with Crippen LogP contribution in [0.15, 0.2) is 43.2 Å². The van der Waals surface area contributed by atoms with Crippen LogP contribution in [0.5, 0.6) is 0 Å². The quantitative estimate of drug-likeness (QED) is 0.494. The van der Waals surface area contributed by atoms with Gasteiger partial charge in [-0.15, -0.1) is 11.6 Å². The van der Waals surface area contributed by atoms with Crippen molar-refractivity contribution in [3.8, 4) is 6.07 Å². The number of alkyl halides is 1. The van der Waals surface area contributed by atoms with E-state index in [0.717, 1.165) is 6.08 Å². The normalized spacial score (nSPS) is 12.5. The lowest BCUT2D eigenvalue weighted by Gasteiger charge is -2.23. The summed E-state index contributed by atoms with van der Waals surface area (Å²) in [6.45, 7) is 5.05. The van der Waals surface area contributed by atoms with Gasteiger partial charge in [0.1, 0.15) is 5.88 Å². The number of benzene rings is 1. The minimum Gasteiger partial charge on any atom is -0.374 e. The van der Waals surface area contributed by atoms with Crippen molar-refractivity contribution >= 4 is 34.8 Å². The Morgan fingerprint density at radius 1 is 1.44 bits per heavy atom. The van der Waals surface area contributed by atoms with Crippen LogP contribution in [0.25, 0.3) is 0 Å². The number of aliphatic hydroxyl groups is 1. The zero-order chi connectivity index (χ0) is 20.0. The highest BCUT2D eigenvalue weighted by atomic mass is 35.5. The fraction of sp³-hybridized carbons (Fsp3) is 0.222. The van der Waals surface area contributed by atoms with Gasteiger partial charge in [0.2, 0.25) is 5.91 Å². The maximum Gasteiger partial charge on any atom is 0.262 e. The van der Waals surface area contributed by atoms with E-state index in [1.165, 1.54) is 17.1 Å². The second-order valence-electron chi connectivity index (χ2n) is 5.83. The smallest absolute Gasteiger partial charge is 0.262 e. The molecule has 0 aliphatic rings. The molecule has 140 valence electrons. The predicted octanol–water partition coefficient (Wildman–Crippen LogP) is 1.80. The Labute approximate surface area is 161 Å². The first-order valence-corrected chi connectivity index (χ1v) is 8.41. The molecule has 1 unspecified atom stereocenters. The van der Waals surface area contributed by atoms with Crippen molar-refractivity contribution in [3.05, 3.63) is 54.4 Å². The molecule has 0 aliphatic carbocycles. The van der Waals surface area contributed by atoms with Crippen LogP contribution in [0.4, 0.5) is 11.4 Å². The SMILES string of the molecule is C=CC(O)(Cn1cc(NC(=O)CCl)cn1)C(=O)Nc1ccc(C#N)c(C)c1. The van der Waals surface area contributed by atoms with Crippen molar-refractivity contribution in [2.24, 2.45) is 0 Å². The molecular formula is C18H18ClN5O3. The highest BCUT2D eigenvalue weighted by Gasteiger charge is 2.33. The second-order valence-corrected chi connectivity index (χ2v) is 6.10. The van der Waals surface area contributed by atoms with Crippen LogP contribution in [0, 0.1) is 18.3 Å². The van der Waals surface area contributed by atoms with E-state index in [2.05, 4.69) is 22.3 Å². The van der Waals surface area contributed by atoms with Crippen LogP contribution in [0.1, 0.15) is 11.1 Å². The summed E-state index contributed by atoms with van der Waals surface area (Å²) in [5, 5.41) is 28.7. The molecular weight excluding hydrogens is 370 g/mol. The number of nitriles is 1. The van der Waals surface area contributed by atoms with Crippen LogP contribution in [-0.4, -0.2) is 38.2 Å². The summed E-state index contributed by atoms with van der Waals surface area (Å²) < 4.78 is 1.30. The van der Waals surface area contributed by atoms with Gasteiger partial charge in [0, 0.05) is 11.9 Å². The molecule has 0 saturated heterocycles. The van der Waals surface area contributed by atoms with Crippen LogP contribution >= 0.6 is 11.6 Å². The summed E-state index contributed by atoms with van der Waals surface area (Å²) in [4.78, 5) is 23.8. The van der Waals surface area contributed by atoms with Gasteiger partial charge in [0.05, 0.1) is 30.1 Å². The third-order valence-electron chi connectivity index (χ3n) is 3.78. The molecule has 1 aromatic heterocycles. The van der Waals surface area contributed by atoms with Crippen molar-refractivity contribution in [1.82, 2.24) is 9.78 Å². The zero-order valence-electron chi connectivity index (χ0n) is 14.6. The van der Waals surface area contributed by atoms with Crippen molar-refractivity contribution in [3.63, 3.8) is 0 Å². The van der Waals surface area contributed by atoms with E-state index in [9.17, 15) is 14.7 Å². The number of aromatic nitrogens is 2. The number of amides is 2. The summed E-state index contributed by atoms with van der Waals surface area (Å²) >= 11 is 5.42. The molecule has 8 nitrogen and oxygen atoms in total. The monoisotopic (exact) mass is 387 g/mol. The Morgan fingerprint density at radius 3 is 2.78 bits per heavy atom. The van der Waals surface area contributed by atoms with Crippen molar-refractivity contribution in [2.75, 3.05) is 16.5 Å². The number of carbonyl (C=O) groups excluding carboxylic acids is 2. The van der Waals surface area contributed by atoms with E-state index in [1.807, 2.05) is 6.07 Å². The van der Waals surface area contributed by atoms with Gasteiger partial charge in [-0.05, 0) is 36.8 Å². The number of hydrogen-bond acceptors (Lipinski definition) is 5. The fourth-order valence-corrected chi connectivity index (χ4v) is 2.36. The molecule has 0 saturated carbocycles. The summed E-state index contributed by atoms with van der Waals surface area (Å²) in [7, 11) is 0. The minimum atomic E-state index is -1.94. The van der Waals surface area contributed by atoms with E-state index in [1.54, 1.807) is 25.1 Å². The molecule has 9 heteroatoms. The average Bonchev–Trinajstić information content (AvgIpc) is 3.08. The summed E-state index contributed by atoms with van der Waals surface area (Å²) in [5.74, 6) is -1.30. The van der Waals surface area contributed by atoms with E-state index < -0.39 is 17.4 Å². The molecule has 0 fully saturated rings. The third-order valence-corrected chi connectivity index (χ3v) is 4.02. The number of carbonyl (C=O) groups is 2. The summed E-state index contributed by atoms with van der Waals surface area (Å²) in [6, 6.07) is 6.83. The van der Waals surface area contributed by atoms with Crippen molar-refractivity contribution in [2.45, 2.75) is 19.1 Å². The topological polar surface area (TPSA) is 120 Å². The molecule has 0 spiro atoms. The summed E-state index contributed by atoms with van der Waals surface area (Å²) in [5.41, 5.74) is 0.0726. The Kier molecular flexibility index (Phi) is 6.34. The van der Waals surface area contributed by atoms with Gasteiger partial charge in [-0.3, -0.25) is 14.3 Å². The average molecular weight is 388 g/mol. The Bertz CT molecular complexity index is 918. The first-order chi connectivity index (χ1) is 12.8. The largest absolute Gasteiger partial charge is 0.374 e. The molecule has 2 rings (SSSR count). The molecule has 0 radical (unpaired) electrons. The van der Waals surface area contributed by atoms with Crippen molar-refractivity contribution in [1.29, 1.82) is 5.26 Å². The first-order valence-electron chi connectivity index (χ1n) is 7.87. The Morgan fingerprint density at radius 2 is 2.19 bits per heavy atom. The Hall–Kier alpha value is -3.15. The van der Waals surface area contributed by atoms with Gasteiger partial charge < -0.3 is 15.7 Å². The van der Waals surface area contributed by atoms with Gasteiger partial charge in [0.15, 0.2) is 5.60 Å². The fourth-order valence-electron chi connectivity index (χ4n) is 2.29. The lowest BCUT2D eigenvalue weighted by atomic mass is 10.0. The van der Waals surface area contributed by atoms with Gasteiger partial charge in [-0.2, -0.15) is 10.4 Å². The van der Waals surface area contributed by atoms with E-state index in [0.29, 0.717) is 22.5 Å². The van der Waals surface area contributed by atoms with Gasteiger partial charge >= 0.3 is 0 Å². The van der Waals surface area contributed by atoms with Gasteiger partial charge in [0.25, 0.3) is 5.91 Å². The standard InChI is InChI=1S/C18H18ClN5O3/c1-3-18(27,11-24-10-15(9-21-24)22-16(25)7-19)17(26)23-14-5-4-13(8-20)12(2)6-14/h3-6,9-10,27H,1,7,11H2,2H3,(H,22,25)(H,23,26). The number of halogens is 1. The molecule has 2 aromatic rings. The maximum absolute atomic E-state index is 12.5. The molecule has 1 heterocycles. The zero-order valence-corrected chi connectivity index (χ0v) is 15.3. The number of hydrogen-bond donors (Lipinski definition) is 3. The molecule has 27 heavy (non-hydrogen) atoms. The second kappa shape index (κ2) is 8.49. The third kappa shape index (κ3) is 4.94. The maximum atomic E-state index is 12.5. The van der Waals surface area contributed by atoms with Crippen LogP contribution in [0.3, 0.4) is 0 Å². The van der Waals surface area contributed by atoms with E-state index in [4.69, 9.17) is 16.9 Å². The molecule has 0 aliphatic heterocycles. The molecule has 3 N–H and O–H groups in total. The van der Waals surface area contributed by atoms with Crippen LogP contribution < -0.4 is 10.6 Å². The number of anilines is 2. The van der Waals surface area contributed by atoms with Gasteiger partial charge in [-0.25, -0.2) is 0 Å². The van der Waals surface area contributed by atoms with Crippen LogP contribution in [0.2, 0.25) is 0 Å². The van der Waals surface area contributed by atoms with Crippen LogP contribution in [-0.2, 0) is 16.1 Å². The minimum absolute atomic E-state index is 0.200. The lowest BCUT2D eigenvalue weighted by molar-refractivity contribution is -0.130. The number of aryl methyl sites for hydroxylation is 1. The molecule has 0 bridgehead atoms. The number of nitrogens with one attached hydrogen (secondary N) is 2. The van der Waals surface area contributed by atoms with E-state index in [-0.39, 0.29) is 12.4 Å². The first kappa shape index (κ1) is 20.2. The molecule has 1 aromatic carbocycles. The molecule has 2 amide bonds. The molecule has 1 atom stereocenters. The predicted molar refractivity (Wildman–Crippen MR) is 101 cm³/mol. The lowest BCUT2D eigenvalue weighted by Crippen LogP contribution is -2.44. The van der Waals surface area contributed by atoms with Crippen molar-refractivity contribution < 1.29 is 14.7 Å². The highest BCUT2D eigenvalue weighted by Crippen LogP contribution is 2.18. The number of nitrogens with zero attached hydrogens (tertiary/aromatic N) is 3. The highest BCUT2D eigenvalue weighted by molar-refractivity contribution is 6.29. The summed E-state index contributed by atoms with van der Waals surface area (Å²) in [6.07, 6.45) is 3.94. The van der Waals surface area contributed by atoms with E-state index >= 15 is 0 Å². The number of rotatable bonds is 7. The Balaban J connectivity index is 2.12.